The number of nitrogens with one attached hydrogen (secondary N) is 3. The monoisotopic (exact) mass is 322 g/mol. The highest BCUT2D eigenvalue weighted by Gasteiger charge is 2.26. The van der Waals surface area contributed by atoms with Crippen molar-refractivity contribution in [1.82, 2.24) is 9.97 Å². The molecule has 1 aromatic heterocycles. The molecule has 4 rings (SSSR count). The van der Waals surface area contributed by atoms with Crippen LogP contribution in [0.25, 0.3) is 11.0 Å². The smallest absolute Gasteiger partial charge is 0.323 e. The predicted molar refractivity (Wildman–Crippen MR) is 94.5 cm³/mol. The maximum Gasteiger partial charge on any atom is 0.323 e. The third-order valence-electron chi connectivity index (χ3n) is 4.46. The standard InChI is InChI=1S/C18H18N4O2/c1-11-8-12-4-2-3-5-16(12)22(11)10-17(23)19-13-6-7-14-15(9-13)21-18(24)20-14/h2-7,9,11H,8,10H2,1H3,(H,19,23)(H2,20,21,24)/t11-/m0/s1. The first kappa shape index (κ1) is 14.6. The molecule has 6 nitrogen and oxygen atoms in total. The van der Waals surface area contributed by atoms with Crippen molar-refractivity contribution in [3.05, 3.63) is 58.5 Å². The Labute approximate surface area is 138 Å². The number of aromatic amines is 2. The van der Waals surface area contributed by atoms with E-state index < -0.39 is 0 Å². The normalized spacial score (nSPS) is 16.4. The zero-order chi connectivity index (χ0) is 16.7. The van der Waals surface area contributed by atoms with Crippen LogP contribution in [0.2, 0.25) is 0 Å². The second-order valence-corrected chi connectivity index (χ2v) is 6.20. The molecule has 0 radical (unpaired) electrons. The van der Waals surface area contributed by atoms with Crippen LogP contribution in [0.4, 0.5) is 11.4 Å². The molecule has 1 atom stereocenters. The van der Waals surface area contributed by atoms with Crippen LogP contribution in [-0.2, 0) is 11.2 Å². The summed E-state index contributed by atoms with van der Waals surface area (Å²) in [6.45, 7) is 2.43. The van der Waals surface area contributed by atoms with Crippen LogP contribution < -0.4 is 15.9 Å². The highest BCUT2D eigenvalue weighted by Crippen LogP contribution is 2.31. The first-order valence-electron chi connectivity index (χ1n) is 7.96. The van der Waals surface area contributed by atoms with Gasteiger partial charge < -0.3 is 20.2 Å². The van der Waals surface area contributed by atoms with Gasteiger partial charge in [-0.05, 0) is 43.2 Å². The topological polar surface area (TPSA) is 81.0 Å². The lowest BCUT2D eigenvalue weighted by Crippen LogP contribution is -2.37. The van der Waals surface area contributed by atoms with Gasteiger partial charge in [-0.2, -0.15) is 0 Å². The third-order valence-corrected chi connectivity index (χ3v) is 4.46. The van der Waals surface area contributed by atoms with Crippen LogP contribution >= 0.6 is 0 Å². The SMILES string of the molecule is C[C@H]1Cc2ccccc2N1CC(=O)Nc1ccc2[nH]c(=O)[nH]c2c1. The molecule has 1 amide bonds. The molecule has 1 aliphatic heterocycles. The van der Waals surface area contributed by atoms with E-state index in [1.54, 1.807) is 18.2 Å². The van der Waals surface area contributed by atoms with Crippen LogP contribution in [0.5, 0.6) is 0 Å². The number of H-pyrrole nitrogens is 2. The number of anilines is 2. The number of nitrogens with zero attached hydrogens (tertiary/aromatic N) is 1. The molecule has 3 aromatic rings. The van der Waals surface area contributed by atoms with Gasteiger partial charge in [-0.25, -0.2) is 4.79 Å². The molecule has 6 heteroatoms. The van der Waals surface area contributed by atoms with Gasteiger partial charge in [-0.15, -0.1) is 0 Å². The lowest BCUT2D eigenvalue weighted by Gasteiger charge is -2.24. The number of benzene rings is 2. The summed E-state index contributed by atoms with van der Waals surface area (Å²) in [5, 5.41) is 2.91. The van der Waals surface area contributed by atoms with Gasteiger partial charge in [0, 0.05) is 17.4 Å². The molecule has 2 aromatic carbocycles. The fraction of sp³-hybridized carbons (Fsp3) is 0.222. The van der Waals surface area contributed by atoms with Crippen molar-refractivity contribution in [2.75, 3.05) is 16.8 Å². The number of rotatable bonds is 3. The van der Waals surface area contributed by atoms with Crippen molar-refractivity contribution in [3.8, 4) is 0 Å². The molecule has 3 N–H and O–H groups in total. The second-order valence-electron chi connectivity index (χ2n) is 6.20. The minimum absolute atomic E-state index is 0.0733. The molecule has 0 fully saturated rings. The van der Waals surface area contributed by atoms with Gasteiger partial charge in [0.05, 0.1) is 17.6 Å². The number of imidazole rings is 1. The molecule has 0 bridgehead atoms. The van der Waals surface area contributed by atoms with Crippen molar-refractivity contribution >= 4 is 28.3 Å². The Morgan fingerprint density at radius 3 is 2.88 bits per heavy atom. The Morgan fingerprint density at radius 1 is 1.21 bits per heavy atom. The van der Waals surface area contributed by atoms with E-state index in [2.05, 4.69) is 39.2 Å². The largest absolute Gasteiger partial charge is 0.359 e. The van der Waals surface area contributed by atoms with Crippen LogP contribution in [0, 0.1) is 0 Å². The Balaban J connectivity index is 1.51. The highest BCUT2D eigenvalue weighted by atomic mass is 16.2. The van der Waals surface area contributed by atoms with Crippen LogP contribution in [-0.4, -0.2) is 28.5 Å². The first-order chi connectivity index (χ1) is 11.6. The summed E-state index contributed by atoms with van der Waals surface area (Å²) in [6.07, 6.45) is 0.958. The van der Waals surface area contributed by atoms with E-state index in [9.17, 15) is 9.59 Å². The average molecular weight is 322 g/mol. The summed E-state index contributed by atoms with van der Waals surface area (Å²) in [5.74, 6) is -0.0733. The van der Waals surface area contributed by atoms with Crippen molar-refractivity contribution in [1.29, 1.82) is 0 Å². The molecule has 0 saturated heterocycles. The van der Waals surface area contributed by atoms with Crippen LogP contribution in [0.1, 0.15) is 12.5 Å². The highest BCUT2D eigenvalue weighted by molar-refractivity contribution is 5.96. The molecular formula is C18H18N4O2. The maximum absolute atomic E-state index is 12.4. The van der Waals surface area contributed by atoms with Gasteiger partial charge >= 0.3 is 5.69 Å². The minimum Gasteiger partial charge on any atom is -0.359 e. The molecular weight excluding hydrogens is 304 g/mol. The lowest BCUT2D eigenvalue weighted by atomic mass is 10.1. The Kier molecular flexibility index (Phi) is 3.37. The minimum atomic E-state index is -0.254. The summed E-state index contributed by atoms with van der Waals surface area (Å²) >= 11 is 0. The van der Waals surface area contributed by atoms with Crippen LogP contribution in [0.15, 0.2) is 47.3 Å². The van der Waals surface area contributed by atoms with Gasteiger partial charge in [-0.1, -0.05) is 18.2 Å². The molecule has 0 aliphatic carbocycles. The molecule has 0 saturated carbocycles. The molecule has 0 spiro atoms. The Hall–Kier alpha value is -3.02. The summed E-state index contributed by atoms with van der Waals surface area (Å²) in [4.78, 5) is 31.2. The summed E-state index contributed by atoms with van der Waals surface area (Å²) in [7, 11) is 0. The average Bonchev–Trinajstić information content (AvgIpc) is 3.06. The zero-order valence-electron chi connectivity index (χ0n) is 13.3. The van der Waals surface area contributed by atoms with Crippen molar-refractivity contribution in [3.63, 3.8) is 0 Å². The summed E-state index contributed by atoms with van der Waals surface area (Å²) < 4.78 is 0. The Bertz CT molecular complexity index is 972. The predicted octanol–water partition coefficient (Wildman–Crippen LogP) is 2.25. The molecule has 122 valence electrons. The molecule has 0 unspecified atom stereocenters. The number of carbonyl (C=O) groups is 1. The summed E-state index contributed by atoms with van der Waals surface area (Å²) in [5.41, 5.74) is 4.23. The zero-order valence-corrected chi connectivity index (χ0v) is 13.3. The molecule has 1 aliphatic rings. The van der Waals surface area contributed by atoms with E-state index in [0.29, 0.717) is 23.8 Å². The van der Waals surface area contributed by atoms with Gasteiger partial charge in [0.15, 0.2) is 0 Å². The van der Waals surface area contributed by atoms with E-state index >= 15 is 0 Å². The molecule has 2 heterocycles. The summed E-state index contributed by atoms with van der Waals surface area (Å²) in [6, 6.07) is 13.8. The van der Waals surface area contributed by atoms with E-state index in [-0.39, 0.29) is 11.6 Å². The number of amides is 1. The molecule has 24 heavy (non-hydrogen) atoms. The third kappa shape index (κ3) is 2.56. The van der Waals surface area contributed by atoms with Crippen molar-refractivity contribution < 1.29 is 4.79 Å². The van der Waals surface area contributed by atoms with E-state index in [0.717, 1.165) is 17.6 Å². The number of carbonyl (C=O) groups excluding carboxylic acids is 1. The van der Waals surface area contributed by atoms with Crippen LogP contribution in [0.3, 0.4) is 0 Å². The first-order valence-corrected chi connectivity index (χ1v) is 7.96. The van der Waals surface area contributed by atoms with Gasteiger partial charge in [0.1, 0.15) is 0 Å². The quantitative estimate of drug-likeness (QED) is 0.692. The van der Waals surface area contributed by atoms with Crippen molar-refractivity contribution in [2.24, 2.45) is 0 Å². The lowest BCUT2D eigenvalue weighted by molar-refractivity contribution is -0.115. The van der Waals surface area contributed by atoms with Gasteiger partial charge in [-0.3, -0.25) is 4.79 Å². The fourth-order valence-corrected chi connectivity index (χ4v) is 3.34. The van der Waals surface area contributed by atoms with Gasteiger partial charge in [0.25, 0.3) is 0 Å². The van der Waals surface area contributed by atoms with E-state index in [4.69, 9.17) is 0 Å². The van der Waals surface area contributed by atoms with Crippen molar-refractivity contribution in [2.45, 2.75) is 19.4 Å². The maximum atomic E-state index is 12.4. The number of fused-ring (bicyclic) bond motifs is 2. The number of hydrogen-bond donors (Lipinski definition) is 3. The fourth-order valence-electron chi connectivity index (χ4n) is 3.34. The van der Waals surface area contributed by atoms with E-state index in [1.165, 1.54) is 5.56 Å². The number of hydrogen-bond acceptors (Lipinski definition) is 3. The number of para-hydroxylation sites is 1. The Morgan fingerprint density at radius 2 is 2.00 bits per heavy atom. The second kappa shape index (κ2) is 5.56. The van der Waals surface area contributed by atoms with Gasteiger partial charge in [0.2, 0.25) is 5.91 Å². The van der Waals surface area contributed by atoms with E-state index in [1.807, 2.05) is 12.1 Å². The number of aromatic nitrogens is 2.